The SMILES string of the molecule is COc1cc(/C=C2\SC(=O)N(Cc3ccccc3C)C2=O)cc(Cl)c1OC(=O)c1ccc(Cl)cc1. The minimum absolute atomic E-state index is 0.0407. The van der Waals surface area contributed by atoms with Crippen LogP contribution in [0.2, 0.25) is 10.0 Å². The second kappa shape index (κ2) is 10.6. The lowest BCUT2D eigenvalue weighted by molar-refractivity contribution is -0.123. The molecule has 1 fully saturated rings. The van der Waals surface area contributed by atoms with E-state index >= 15 is 0 Å². The third-order valence-corrected chi connectivity index (χ3v) is 6.73. The smallest absolute Gasteiger partial charge is 0.343 e. The summed E-state index contributed by atoms with van der Waals surface area (Å²) in [5, 5.41) is 0.248. The number of ether oxygens (including phenoxy) is 2. The van der Waals surface area contributed by atoms with Gasteiger partial charge in [-0.1, -0.05) is 47.5 Å². The molecule has 1 heterocycles. The van der Waals surface area contributed by atoms with Crippen molar-refractivity contribution in [2.75, 3.05) is 7.11 Å². The monoisotopic (exact) mass is 527 g/mol. The van der Waals surface area contributed by atoms with E-state index in [1.165, 1.54) is 30.2 Å². The minimum atomic E-state index is -0.632. The van der Waals surface area contributed by atoms with Crippen LogP contribution in [0.25, 0.3) is 6.08 Å². The van der Waals surface area contributed by atoms with Crippen LogP contribution in [0.1, 0.15) is 27.0 Å². The molecule has 0 saturated carbocycles. The number of thioether (sulfide) groups is 1. The summed E-state index contributed by atoms with van der Waals surface area (Å²) in [4.78, 5) is 39.5. The van der Waals surface area contributed by atoms with Crippen molar-refractivity contribution in [1.82, 2.24) is 4.90 Å². The van der Waals surface area contributed by atoms with Gasteiger partial charge in [-0.15, -0.1) is 0 Å². The van der Waals surface area contributed by atoms with Gasteiger partial charge in [-0.05, 0) is 77.9 Å². The number of halogens is 2. The lowest BCUT2D eigenvalue weighted by atomic mass is 10.1. The van der Waals surface area contributed by atoms with Crippen molar-refractivity contribution in [1.29, 1.82) is 0 Å². The zero-order valence-electron chi connectivity index (χ0n) is 18.7. The van der Waals surface area contributed by atoms with Crippen LogP contribution in [0.5, 0.6) is 11.5 Å². The molecule has 1 aliphatic rings. The Kier molecular flexibility index (Phi) is 7.50. The van der Waals surface area contributed by atoms with Crippen molar-refractivity contribution >= 4 is 58.2 Å². The Balaban J connectivity index is 1.57. The van der Waals surface area contributed by atoms with Crippen molar-refractivity contribution in [3.8, 4) is 11.5 Å². The largest absolute Gasteiger partial charge is 0.493 e. The average molecular weight is 528 g/mol. The number of amides is 2. The summed E-state index contributed by atoms with van der Waals surface area (Å²) >= 11 is 13.1. The second-order valence-corrected chi connectivity index (χ2v) is 9.46. The van der Waals surface area contributed by atoms with Gasteiger partial charge in [0.15, 0.2) is 11.5 Å². The van der Waals surface area contributed by atoms with E-state index in [9.17, 15) is 14.4 Å². The molecule has 6 nitrogen and oxygen atoms in total. The number of esters is 1. The Morgan fingerprint density at radius 1 is 1.06 bits per heavy atom. The average Bonchev–Trinajstić information content (AvgIpc) is 3.09. The minimum Gasteiger partial charge on any atom is -0.493 e. The van der Waals surface area contributed by atoms with Gasteiger partial charge in [-0.25, -0.2) is 4.79 Å². The highest BCUT2D eigenvalue weighted by Crippen LogP contribution is 2.39. The molecule has 4 rings (SSSR count). The Morgan fingerprint density at radius 2 is 1.77 bits per heavy atom. The molecule has 9 heteroatoms. The van der Waals surface area contributed by atoms with Crippen LogP contribution < -0.4 is 9.47 Å². The molecule has 0 bridgehead atoms. The normalized spacial score (nSPS) is 14.5. The molecule has 1 saturated heterocycles. The topological polar surface area (TPSA) is 72.9 Å². The van der Waals surface area contributed by atoms with Gasteiger partial charge in [0.05, 0.1) is 29.1 Å². The summed E-state index contributed by atoms with van der Waals surface area (Å²) in [6, 6.07) is 16.9. The Bertz CT molecular complexity index is 1350. The van der Waals surface area contributed by atoms with Crippen LogP contribution in [0.15, 0.2) is 65.6 Å². The molecule has 0 unspecified atom stereocenters. The van der Waals surface area contributed by atoms with Crippen LogP contribution in [0, 0.1) is 6.92 Å². The maximum absolute atomic E-state index is 12.9. The molecule has 3 aromatic carbocycles. The summed E-state index contributed by atoms with van der Waals surface area (Å²) in [7, 11) is 1.41. The van der Waals surface area contributed by atoms with Gasteiger partial charge in [-0.3, -0.25) is 14.5 Å². The molecule has 1 aliphatic heterocycles. The first-order chi connectivity index (χ1) is 16.8. The van der Waals surface area contributed by atoms with Gasteiger partial charge in [0.2, 0.25) is 0 Å². The van der Waals surface area contributed by atoms with E-state index in [2.05, 4.69) is 0 Å². The number of hydrogen-bond donors (Lipinski definition) is 0. The fourth-order valence-electron chi connectivity index (χ4n) is 3.41. The third kappa shape index (κ3) is 5.53. The van der Waals surface area contributed by atoms with E-state index in [1.54, 1.807) is 24.3 Å². The number of imide groups is 1. The predicted molar refractivity (Wildman–Crippen MR) is 137 cm³/mol. The first kappa shape index (κ1) is 24.9. The van der Waals surface area contributed by atoms with Gasteiger partial charge >= 0.3 is 5.97 Å². The second-order valence-electron chi connectivity index (χ2n) is 7.62. The maximum atomic E-state index is 12.9. The standard InChI is InChI=1S/C26H19Cl2NO5S/c1-15-5-3-4-6-18(15)14-29-24(30)22(35-26(29)32)13-16-11-20(28)23(21(12-16)33-2)34-25(31)17-7-9-19(27)10-8-17/h3-13H,14H2,1-2H3/b22-13-. The molecule has 178 valence electrons. The summed E-state index contributed by atoms with van der Waals surface area (Å²) in [6.45, 7) is 2.12. The summed E-state index contributed by atoms with van der Waals surface area (Å²) in [5.41, 5.74) is 2.70. The summed E-state index contributed by atoms with van der Waals surface area (Å²) in [5.74, 6) is -0.785. The first-order valence-electron chi connectivity index (χ1n) is 10.4. The zero-order chi connectivity index (χ0) is 25.1. The van der Waals surface area contributed by atoms with Crippen LogP contribution in [0.3, 0.4) is 0 Å². The van der Waals surface area contributed by atoms with Gasteiger partial charge in [-0.2, -0.15) is 0 Å². The van der Waals surface area contributed by atoms with E-state index in [0.717, 1.165) is 22.9 Å². The van der Waals surface area contributed by atoms with Crippen LogP contribution in [-0.2, 0) is 11.3 Å². The van der Waals surface area contributed by atoms with Gasteiger partial charge in [0.25, 0.3) is 11.1 Å². The number of methoxy groups -OCH3 is 1. The molecule has 0 N–H and O–H groups in total. The molecule has 35 heavy (non-hydrogen) atoms. The lowest BCUT2D eigenvalue weighted by Crippen LogP contribution is -2.27. The molecular weight excluding hydrogens is 509 g/mol. The van der Waals surface area contributed by atoms with Gasteiger partial charge < -0.3 is 9.47 Å². The maximum Gasteiger partial charge on any atom is 0.343 e. The lowest BCUT2D eigenvalue weighted by Gasteiger charge is -2.14. The van der Waals surface area contributed by atoms with Crippen molar-refractivity contribution < 1.29 is 23.9 Å². The molecule has 0 radical (unpaired) electrons. The first-order valence-corrected chi connectivity index (χ1v) is 12.0. The van der Waals surface area contributed by atoms with Crippen molar-refractivity contribution in [3.05, 3.63) is 97.9 Å². The van der Waals surface area contributed by atoms with Crippen molar-refractivity contribution in [2.24, 2.45) is 0 Å². The third-order valence-electron chi connectivity index (χ3n) is 5.29. The molecule has 2 amide bonds. The fraction of sp³-hybridized carbons (Fsp3) is 0.115. The van der Waals surface area contributed by atoms with Gasteiger partial charge in [0, 0.05) is 5.02 Å². The summed E-state index contributed by atoms with van der Waals surface area (Å²) < 4.78 is 10.8. The number of carbonyl (C=O) groups is 3. The number of carbonyl (C=O) groups excluding carboxylic acids is 3. The fourth-order valence-corrected chi connectivity index (χ4v) is 4.63. The molecular formula is C26H19Cl2NO5S. The zero-order valence-corrected chi connectivity index (χ0v) is 21.0. The Labute approximate surface area is 216 Å². The van der Waals surface area contributed by atoms with E-state index < -0.39 is 11.9 Å². The Hall–Kier alpha value is -3.26. The van der Waals surface area contributed by atoms with Crippen molar-refractivity contribution in [3.63, 3.8) is 0 Å². The number of hydrogen-bond acceptors (Lipinski definition) is 6. The van der Waals surface area contributed by atoms with E-state index in [1.807, 2.05) is 31.2 Å². The molecule has 3 aromatic rings. The van der Waals surface area contributed by atoms with Crippen molar-refractivity contribution in [2.45, 2.75) is 13.5 Å². The van der Waals surface area contributed by atoms with E-state index in [-0.39, 0.29) is 33.2 Å². The number of rotatable bonds is 6. The molecule has 0 aliphatic carbocycles. The highest BCUT2D eigenvalue weighted by Gasteiger charge is 2.35. The molecule has 0 aromatic heterocycles. The van der Waals surface area contributed by atoms with Gasteiger partial charge in [0.1, 0.15) is 0 Å². The number of benzene rings is 3. The van der Waals surface area contributed by atoms with Crippen LogP contribution in [-0.4, -0.2) is 29.1 Å². The van der Waals surface area contributed by atoms with E-state index in [0.29, 0.717) is 16.1 Å². The van der Waals surface area contributed by atoms with Crippen LogP contribution >= 0.6 is 35.0 Å². The predicted octanol–water partition coefficient (Wildman–Crippen LogP) is 6.77. The highest BCUT2D eigenvalue weighted by atomic mass is 35.5. The van der Waals surface area contributed by atoms with Crippen LogP contribution in [0.4, 0.5) is 4.79 Å². The quantitative estimate of drug-likeness (QED) is 0.200. The summed E-state index contributed by atoms with van der Waals surface area (Å²) in [6.07, 6.45) is 1.56. The Morgan fingerprint density at radius 3 is 2.46 bits per heavy atom. The number of aryl methyl sites for hydroxylation is 1. The van der Waals surface area contributed by atoms with E-state index in [4.69, 9.17) is 32.7 Å². The molecule has 0 atom stereocenters. The highest BCUT2D eigenvalue weighted by molar-refractivity contribution is 8.18. The number of nitrogens with zero attached hydrogens (tertiary/aromatic N) is 1. The molecule has 0 spiro atoms.